The SMILES string of the molecule is Cc1cc(C)c(C)c(OC(C)C(=O)Nc2ccc3ccccc3c2)c1. The topological polar surface area (TPSA) is 38.3 Å². The van der Waals surface area contributed by atoms with Gasteiger partial charge in [-0.3, -0.25) is 4.79 Å². The zero-order chi connectivity index (χ0) is 18.0. The van der Waals surface area contributed by atoms with E-state index in [1.165, 1.54) is 0 Å². The van der Waals surface area contributed by atoms with E-state index in [2.05, 4.69) is 24.4 Å². The molecule has 3 heteroatoms. The lowest BCUT2D eigenvalue weighted by Gasteiger charge is -2.18. The minimum absolute atomic E-state index is 0.158. The van der Waals surface area contributed by atoms with Crippen LogP contribution in [-0.2, 0) is 4.79 Å². The first-order valence-electron chi connectivity index (χ1n) is 8.48. The Morgan fingerprint density at radius 1 is 0.960 bits per heavy atom. The number of hydrogen-bond donors (Lipinski definition) is 1. The lowest BCUT2D eigenvalue weighted by molar-refractivity contribution is -0.122. The molecule has 3 nitrogen and oxygen atoms in total. The Morgan fingerprint density at radius 3 is 2.44 bits per heavy atom. The Morgan fingerprint density at radius 2 is 1.68 bits per heavy atom. The van der Waals surface area contributed by atoms with Crippen LogP contribution in [0.15, 0.2) is 54.6 Å². The number of hydrogen-bond acceptors (Lipinski definition) is 2. The first-order chi connectivity index (χ1) is 11.9. The van der Waals surface area contributed by atoms with Gasteiger partial charge in [0.1, 0.15) is 5.75 Å². The molecule has 0 heterocycles. The van der Waals surface area contributed by atoms with Crippen LogP contribution in [0.3, 0.4) is 0 Å². The molecule has 0 bridgehead atoms. The van der Waals surface area contributed by atoms with Crippen LogP contribution in [0.25, 0.3) is 10.8 Å². The molecule has 128 valence electrons. The van der Waals surface area contributed by atoms with E-state index in [1.54, 1.807) is 6.92 Å². The molecule has 0 aliphatic carbocycles. The number of rotatable bonds is 4. The van der Waals surface area contributed by atoms with Crippen molar-refractivity contribution in [2.24, 2.45) is 0 Å². The summed E-state index contributed by atoms with van der Waals surface area (Å²) in [5.74, 6) is 0.604. The molecule has 25 heavy (non-hydrogen) atoms. The van der Waals surface area contributed by atoms with Crippen molar-refractivity contribution in [1.82, 2.24) is 0 Å². The fraction of sp³-hybridized carbons (Fsp3) is 0.227. The van der Waals surface area contributed by atoms with Crippen LogP contribution < -0.4 is 10.1 Å². The van der Waals surface area contributed by atoms with Crippen LogP contribution in [0.2, 0.25) is 0 Å². The molecule has 1 N–H and O–H groups in total. The van der Waals surface area contributed by atoms with Gasteiger partial charge in [0.25, 0.3) is 5.91 Å². The summed E-state index contributed by atoms with van der Waals surface area (Å²) in [6.07, 6.45) is -0.577. The van der Waals surface area contributed by atoms with Crippen LogP contribution in [-0.4, -0.2) is 12.0 Å². The second-order valence-electron chi connectivity index (χ2n) is 6.52. The maximum absolute atomic E-state index is 12.5. The average Bonchev–Trinajstić information content (AvgIpc) is 2.59. The van der Waals surface area contributed by atoms with Crippen molar-refractivity contribution in [3.05, 3.63) is 71.3 Å². The molecule has 1 unspecified atom stereocenters. The molecular formula is C22H23NO2. The van der Waals surface area contributed by atoms with Gasteiger partial charge >= 0.3 is 0 Å². The molecule has 0 radical (unpaired) electrons. The third-order valence-corrected chi connectivity index (χ3v) is 4.45. The van der Waals surface area contributed by atoms with E-state index in [1.807, 2.05) is 56.3 Å². The average molecular weight is 333 g/mol. The first-order valence-corrected chi connectivity index (χ1v) is 8.48. The molecule has 0 aliphatic rings. The number of anilines is 1. The predicted molar refractivity (Wildman–Crippen MR) is 103 cm³/mol. The van der Waals surface area contributed by atoms with Gasteiger partial charge in [0.05, 0.1) is 0 Å². The van der Waals surface area contributed by atoms with Gasteiger partial charge in [-0.1, -0.05) is 36.4 Å². The molecule has 1 amide bonds. The second-order valence-corrected chi connectivity index (χ2v) is 6.52. The van der Waals surface area contributed by atoms with Crippen molar-refractivity contribution in [2.45, 2.75) is 33.8 Å². The second kappa shape index (κ2) is 6.98. The Labute approximate surface area is 148 Å². The molecule has 0 fully saturated rings. The van der Waals surface area contributed by atoms with Crippen molar-refractivity contribution in [2.75, 3.05) is 5.32 Å². The van der Waals surface area contributed by atoms with E-state index in [9.17, 15) is 4.79 Å². The maximum Gasteiger partial charge on any atom is 0.265 e. The van der Waals surface area contributed by atoms with E-state index in [0.717, 1.165) is 38.9 Å². The highest BCUT2D eigenvalue weighted by atomic mass is 16.5. The van der Waals surface area contributed by atoms with Crippen LogP contribution in [0, 0.1) is 20.8 Å². The van der Waals surface area contributed by atoms with E-state index in [-0.39, 0.29) is 5.91 Å². The standard InChI is InChI=1S/C22H23NO2/c1-14-11-15(2)16(3)21(12-14)25-17(4)22(24)23-20-10-9-18-7-5-6-8-19(18)13-20/h5-13,17H,1-4H3,(H,23,24). The zero-order valence-corrected chi connectivity index (χ0v) is 15.1. The molecule has 0 saturated heterocycles. The normalized spacial score (nSPS) is 12.0. The zero-order valence-electron chi connectivity index (χ0n) is 15.1. The van der Waals surface area contributed by atoms with Crippen molar-refractivity contribution in [3.63, 3.8) is 0 Å². The minimum Gasteiger partial charge on any atom is -0.481 e. The summed E-state index contributed by atoms with van der Waals surface area (Å²) in [6, 6.07) is 18.1. The largest absolute Gasteiger partial charge is 0.481 e. The number of fused-ring (bicyclic) bond motifs is 1. The van der Waals surface area contributed by atoms with Gasteiger partial charge in [-0.15, -0.1) is 0 Å². The lowest BCUT2D eigenvalue weighted by Crippen LogP contribution is -2.30. The lowest BCUT2D eigenvalue weighted by atomic mass is 10.1. The van der Waals surface area contributed by atoms with Gasteiger partial charge in [-0.25, -0.2) is 0 Å². The quantitative estimate of drug-likeness (QED) is 0.715. The van der Waals surface area contributed by atoms with E-state index >= 15 is 0 Å². The minimum atomic E-state index is -0.577. The highest BCUT2D eigenvalue weighted by Gasteiger charge is 2.17. The summed E-state index contributed by atoms with van der Waals surface area (Å²) in [4.78, 5) is 12.5. The first kappa shape index (κ1) is 17.0. The Hall–Kier alpha value is -2.81. The van der Waals surface area contributed by atoms with Crippen molar-refractivity contribution >= 4 is 22.4 Å². The molecule has 0 aromatic heterocycles. The Kier molecular flexibility index (Phi) is 4.75. The number of ether oxygens (including phenoxy) is 1. The van der Waals surface area contributed by atoms with Gasteiger partial charge in [-0.05, 0) is 73.4 Å². The Balaban J connectivity index is 1.74. The predicted octanol–water partition coefficient (Wildman–Crippen LogP) is 5.17. The number of carbonyl (C=O) groups excluding carboxylic acids is 1. The van der Waals surface area contributed by atoms with Gasteiger partial charge in [0, 0.05) is 5.69 Å². The van der Waals surface area contributed by atoms with Crippen molar-refractivity contribution in [1.29, 1.82) is 0 Å². The van der Waals surface area contributed by atoms with Crippen LogP contribution in [0.5, 0.6) is 5.75 Å². The number of nitrogens with one attached hydrogen (secondary N) is 1. The van der Waals surface area contributed by atoms with E-state index in [4.69, 9.17) is 4.74 Å². The van der Waals surface area contributed by atoms with Crippen molar-refractivity contribution < 1.29 is 9.53 Å². The van der Waals surface area contributed by atoms with Crippen LogP contribution in [0.1, 0.15) is 23.6 Å². The third kappa shape index (κ3) is 3.82. The molecule has 1 atom stereocenters. The molecule has 0 spiro atoms. The van der Waals surface area contributed by atoms with Gasteiger partial charge in [0.15, 0.2) is 6.10 Å². The number of carbonyl (C=O) groups is 1. The molecule has 0 aliphatic heterocycles. The molecule has 3 rings (SSSR count). The third-order valence-electron chi connectivity index (χ3n) is 4.45. The summed E-state index contributed by atoms with van der Waals surface area (Å²) in [5, 5.41) is 5.18. The van der Waals surface area contributed by atoms with Crippen molar-refractivity contribution in [3.8, 4) is 5.75 Å². The van der Waals surface area contributed by atoms with Gasteiger partial charge < -0.3 is 10.1 Å². The highest BCUT2D eigenvalue weighted by Crippen LogP contribution is 2.25. The smallest absolute Gasteiger partial charge is 0.265 e. The number of aryl methyl sites for hydroxylation is 2. The maximum atomic E-state index is 12.5. The van der Waals surface area contributed by atoms with E-state index < -0.39 is 6.10 Å². The monoisotopic (exact) mass is 333 g/mol. The fourth-order valence-corrected chi connectivity index (χ4v) is 2.88. The van der Waals surface area contributed by atoms with E-state index in [0.29, 0.717) is 0 Å². The Bertz CT molecular complexity index is 930. The summed E-state index contributed by atoms with van der Waals surface area (Å²) in [6.45, 7) is 7.86. The van der Waals surface area contributed by atoms with Crippen LogP contribution in [0.4, 0.5) is 5.69 Å². The highest BCUT2D eigenvalue weighted by molar-refractivity contribution is 5.96. The fourth-order valence-electron chi connectivity index (χ4n) is 2.88. The summed E-state index contributed by atoms with van der Waals surface area (Å²) in [5.41, 5.74) is 4.13. The molecular weight excluding hydrogens is 310 g/mol. The summed E-state index contributed by atoms with van der Waals surface area (Å²) >= 11 is 0. The van der Waals surface area contributed by atoms with Gasteiger partial charge in [0.2, 0.25) is 0 Å². The number of amides is 1. The van der Waals surface area contributed by atoms with Crippen LogP contribution >= 0.6 is 0 Å². The number of benzene rings is 3. The summed E-state index contributed by atoms with van der Waals surface area (Å²) < 4.78 is 5.92. The van der Waals surface area contributed by atoms with Gasteiger partial charge in [-0.2, -0.15) is 0 Å². The molecule has 3 aromatic rings. The molecule has 0 saturated carbocycles. The molecule has 3 aromatic carbocycles. The summed E-state index contributed by atoms with van der Waals surface area (Å²) in [7, 11) is 0.